The summed E-state index contributed by atoms with van der Waals surface area (Å²) >= 11 is 0. The highest BCUT2D eigenvalue weighted by atomic mass is 127. The smallest absolute Gasteiger partial charge is 0.368 e. The fourth-order valence-electron chi connectivity index (χ4n) is 3.64. The first-order valence-electron chi connectivity index (χ1n) is 10.2. The van der Waals surface area contributed by atoms with Crippen molar-refractivity contribution in [2.24, 2.45) is 4.99 Å². The number of anilines is 1. The van der Waals surface area contributed by atoms with Crippen molar-refractivity contribution in [3.63, 3.8) is 0 Å². The highest BCUT2D eigenvalue weighted by Gasteiger charge is 2.31. The summed E-state index contributed by atoms with van der Waals surface area (Å²) in [6.45, 7) is 6.51. The van der Waals surface area contributed by atoms with Crippen LogP contribution in [0.3, 0.4) is 0 Å². The molecule has 1 aliphatic heterocycles. The van der Waals surface area contributed by atoms with Crippen LogP contribution in [0.5, 0.6) is 0 Å². The van der Waals surface area contributed by atoms with E-state index in [1.807, 2.05) is 24.2 Å². The van der Waals surface area contributed by atoms with Crippen molar-refractivity contribution in [1.82, 2.24) is 19.8 Å². The molecular weight excluding hydrogens is 520 g/mol. The standard InChI is InChI=1S/C21H29F3N6.HI/c1-17-26-9-11-28(17)10-4-3-8-27-20(25-2)30-14-12-29(13-15-30)19-7-5-6-18(16-19)21(22,23)24;/h5-7,9,11,16H,3-4,8,10,12-15H2,1-2H3,(H,25,27);1H. The van der Waals surface area contributed by atoms with Crippen molar-refractivity contribution in [3.8, 4) is 0 Å². The highest BCUT2D eigenvalue weighted by Crippen LogP contribution is 2.31. The Kier molecular flexibility index (Phi) is 9.45. The average molecular weight is 550 g/mol. The normalized spacial score (nSPS) is 15.1. The van der Waals surface area contributed by atoms with Crippen LogP contribution < -0.4 is 10.2 Å². The van der Waals surface area contributed by atoms with Crippen LogP contribution >= 0.6 is 24.0 Å². The van der Waals surface area contributed by atoms with Gasteiger partial charge in [0.05, 0.1) is 5.56 Å². The van der Waals surface area contributed by atoms with Crippen molar-refractivity contribution in [2.75, 3.05) is 44.7 Å². The zero-order valence-corrected chi connectivity index (χ0v) is 20.2. The number of hydrogen-bond acceptors (Lipinski definition) is 3. The van der Waals surface area contributed by atoms with Crippen molar-refractivity contribution < 1.29 is 13.2 Å². The second-order valence-electron chi connectivity index (χ2n) is 7.37. The zero-order chi connectivity index (χ0) is 21.6. The number of imidazole rings is 1. The van der Waals surface area contributed by atoms with Gasteiger partial charge < -0.3 is 19.7 Å². The number of aliphatic imine (C=N–C) groups is 1. The van der Waals surface area contributed by atoms with Gasteiger partial charge in [-0.2, -0.15) is 13.2 Å². The number of halogens is 4. The van der Waals surface area contributed by atoms with Gasteiger partial charge in [0.1, 0.15) is 5.82 Å². The lowest BCUT2D eigenvalue weighted by atomic mass is 10.1. The third kappa shape index (κ3) is 7.01. The van der Waals surface area contributed by atoms with Gasteiger partial charge in [-0.15, -0.1) is 24.0 Å². The van der Waals surface area contributed by atoms with E-state index in [4.69, 9.17) is 0 Å². The molecule has 0 spiro atoms. The van der Waals surface area contributed by atoms with Gasteiger partial charge in [0, 0.05) is 64.4 Å². The number of piperazine rings is 1. The molecule has 0 unspecified atom stereocenters. The fraction of sp³-hybridized carbons (Fsp3) is 0.524. The molecule has 0 atom stereocenters. The van der Waals surface area contributed by atoms with E-state index in [0.29, 0.717) is 31.9 Å². The van der Waals surface area contributed by atoms with Crippen molar-refractivity contribution in [3.05, 3.63) is 48.0 Å². The molecule has 0 saturated carbocycles. The largest absolute Gasteiger partial charge is 0.416 e. The van der Waals surface area contributed by atoms with Crippen LogP contribution in [0.2, 0.25) is 0 Å². The molecule has 1 aromatic heterocycles. The predicted octanol–water partition coefficient (Wildman–Crippen LogP) is 4.01. The van der Waals surface area contributed by atoms with Gasteiger partial charge in [-0.1, -0.05) is 6.07 Å². The van der Waals surface area contributed by atoms with Gasteiger partial charge in [-0.3, -0.25) is 4.99 Å². The third-order valence-corrected chi connectivity index (χ3v) is 5.36. The summed E-state index contributed by atoms with van der Waals surface area (Å²) in [5.41, 5.74) is 0.00742. The second-order valence-corrected chi connectivity index (χ2v) is 7.37. The van der Waals surface area contributed by atoms with E-state index < -0.39 is 11.7 Å². The van der Waals surface area contributed by atoms with E-state index in [9.17, 15) is 13.2 Å². The van der Waals surface area contributed by atoms with Crippen LogP contribution in [-0.2, 0) is 12.7 Å². The predicted molar refractivity (Wildman–Crippen MR) is 128 cm³/mol. The van der Waals surface area contributed by atoms with Crippen molar-refractivity contribution in [1.29, 1.82) is 0 Å². The number of alkyl halides is 3. The van der Waals surface area contributed by atoms with Gasteiger partial charge in [-0.05, 0) is 38.0 Å². The molecule has 2 aromatic rings. The van der Waals surface area contributed by atoms with Crippen molar-refractivity contribution in [2.45, 2.75) is 32.5 Å². The van der Waals surface area contributed by atoms with Crippen LogP contribution in [0.4, 0.5) is 18.9 Å². The second kappa shape index (κ2) is 11.6. The number of nitrogens with one attached hydrogen (secondary N) is 1. The maximum atomic E-state index is 13.0. The monoisotopic (exact) mass is 550 g/mol. The molecule has 0 amide bonds. The molecule has 1 N–H and O–H groups in total. The Morgan fingerprint density at radius 1 is 1.16 bits per heavy atom. The van der Waals surface area contributed by atoms with Crippen LogP contribution in [0.1, 0.15) is 24.2 Å². The molecule has 6 nitrogen and oxygen atoms in total. The molecule has 0 bridgehead atoms. The number of rotatable bonds is 6. The lowest BCUT2D eigenvalue weighted by molar-refractivity contribution is -0.137. The van der Waals surface area contributed by atoms with Crippen LogP contribution in [0, 0.1) is 6.92 Å². The zero-order valence-electron chi connectivity index (χ0n) is 17.9. The first-order valence-corrected chi connectivity index (χ1v) is 10.2. The first-order chi connectivity index (χ1) is 14.4. The van der Waals surface area contributed by atoms with Gasteiger partial charge in [-0.25, -0.2) is 4.98 Å². The Morgan fingerprint density at radius 2 is 1.90 bits per heavy atom. The summed E-state index contributed by atoms with van der Waals surface area (Å²) < 4.78 is 41.0. The quantitative estimate of drug-likeness (QED) is 0.256. The maximum absolute atomic E-state index is 13.0. The number of unbranched alkanes of at least 4 members (excludes halogenated alkanes) is 1. The number of guanidine groups is 1. The summed E-state index contributed by atoms with van der Waals surface area (Å²) in [5, 5.41) is 3.40. The SMILES string of the molecule is CN=C(NCCCCn1ccnc1C)N1CCN(c2cccc(C(F)(F)F)c2)CC1.I. The number of benzene rings is 1. The molecule has 31 heavy (non-hydrogen) atoms. The van der Waals surface area contributed by atoms with Crippen LogP contribution in [-0.4, -0.2) is 60.2 Å². The van der Waals surface area contributed by atoms with E-state index in [-0.39, 0.29) is 24.0 Å². The molecule has 172 valence electrons. The lowest BCUT2D eigenvalue weighted by Crippen LogP contribution is -2.52. The number of hydrogen-bond donors (Lipinski definition) is 1. The average Bonchev–Trinajstić information content (AvgIpc) is 3.15. The van der Waals surface area contributed by atoms with E-state index in [1.54, 1.807) is 13.1 Å². The summed E-state index contributed by atoms with van der Waals surface area (Å²) in [6, 6.07) is 5.54. The Labute approximate surface area is 198 Å². The van der Waals surface area contributed by atoms with Gasteiger partial charge in [0.15, 0.2) is 5.96 Å². The molecule has 2 heterocycles. The van der Waals surface area contributed by atoms with E-state index >= 15 is 0 Å². The highest BCUT2D eigenvalue weighted by molar-refractivity contribution is 14.0. The Morgan fingerprint density at radius 3 is 2.52 bits per heavy atom. The third-order valence-electron chi connectivity index (χ3n) is 5.36. The van der Waals surface area contributed by atoms with E-state index in [2.05, 4.69) is 24.8 Å². The minimum Gasteiger partial charge on any atom is -0.368 e. The molecule has 1 saturated heterocycles. The summed E-state index contributed by atoms with van der Waals surface area (Å²) in [5.74, 6) is 1.87. The maximum Gasteiger partial charge on any atom is 0.416 e. The van der Waals surface area contributed by atoms with E-state index in [0.717, 1.165) is 43.8 Å². The van der Waals surface area contributed by atoms with Gasteiger partial charge in [0.2, 0.25) is 0 Å². The minimum absolute atomic E-state index is 0. The summed E-state index contributed by atoms with van der Waals surface area (Å²) in [7, 11) is 1.76. The number of nitrogens with zero attached hydrogens (tertiary/aromatic N) is 5. The van der Waals surface area contributed by atoms with Crippen LogP contribution in [0.15, 0.2) is 41.7 Å². The number of aryl methyl sites for hydroxylation is 2. The molecule has 0 aliphatic carbocycles. The topological polar surface area (TPSA) is 48.7 Å². The Bertz CT molecular complexity index is 844. The summed E-state index contributed by atoms with van der Waals surface area (Å²) in [4.78, 5) is 12.7. The minimum atomic E-state index is -4.32. The molecule has 3 rings (SSSR count). The Hall–Kier alpha value is -1.98. The van der Waals surface area contributed by atoms with E-state index in [1.165, 1.54) is 12.1 Å². The molecule has 1 aliphatic rings. The molecule has 1 aromatic carbocycles. The first kappa shape index (κ1) is 25.3. The van der Waals surface area contributed by atoms with Gasteiger partial charge >= 0.3 is 6.18 Å². The van der Waals surface area contributed by atoms with Crippen LogP contribution in [0.25, 0.3) is 0 Å². The number of aromatic nitrogens is 2. The fourth-order valence-corrected chi connectivity index (χ4v) is 3.64. The summed E-state index contributed by atoms with van der Waals surface area (Å²) in [6.07, 6.45) is 1.55. The molecule has 10 heteroatoms. The molecular formula is C21H30F3IN6. The lowest BCUT2D eigenvalue weighted by Gasteiger charge is -2.37. The molecule has 1 fully saturated rings. The van der Waals surface area contributed by atoms with Gasteiger partial charge in [0.25, 0.3) is 0 Å². The Balaban J connectivity index is 0.00000341. The molecule has 0 radical (unpaired) electrons. The van der Waals surface area contributed by atoms with Crippen molar-refractivity contribution >= 4 is 35.6 Å².